The summed E-state index contributed by atoms with van der Waals surface area (Å²) in [5, 5.41) is 9.09. The number of aromatic nitrogens is 5. The van der Waals surface area contributed by atoms with Gasteiger partial charge >= 0.3 is 0 Å². The van der Waals surface area contributed by atoms with Crippen molar-refractivity contribution in [2.24, 2.45) is 0 Å². The second-order valence-electron chi connectivity index (χ2n) is 4.42. The molecule has 0 radical (unpaired) electrons. The van der Waals surface area contributed by atoms with E-state index in [1.165, 1.54) is 4.68 Å². The number of amides is 2. The fourth-order valence-electron chi connectivity index (χ4n) is 1.92. The lowest BCUT2D eigenvalue weighted by Crippen LogP contribution is -2.47. The second-order valence-corrected chi connectivity index (χ2v) is 4.42. The first kappa shape index (κ1) is 13.0. The van der Waals surface area contributed by atoms with Crippen LogP contribution in [0.5, 0.6) is 0 Å². The van der Waals surface area contributed by atoms with E-state index in [-0.39, 0.29) is 30.2 Å². The Bertz CT molecular complexity index is 684. The van der Waals surface area contributed by atoms with Crippen LogP contribution in [0.1, 0.15) is 12.8 Å². The molecular formula is C11H12N8O2. The minimum atomic E-state index is -0.588. The van der Waals surface area contributed by atoms with Crippen molar-refractivity contribution in [3.05, 3.63) is 18.5 Å². The van der Waals surface area contributed by atoms with Gasteiger partial charge in [0.1, 0.15) is 6.04 Å². The topological polar surface area (TPSA) is 141 Å². The molecule has 10 nitrogen and oxygen atoms in total. The van der Waals surface area contributed by atoms with Crippen LogP contribution in [0.25, 0.3) is 5.95 Å². The third-order valence-electron chi connectivity index (χ3n) is 2.89. The summed E-state index contributed by atoms with van der Waals surface area (Å²) < 4.78 is 1.42. The minimum absolute atomic E-state index is 0.00490. The Kier molecular flexibility index (Phi) is 3.18. The van der Waals surface area contributed by atoms with Gasteiger partial charge in [0.05, 0.1) is 0 Å². The van der Waals surface area contributed by atoms with Crippen molar-refractivity contribution < 1.29 is 9.59 Å². The van der Waals surface area contributed by atoms with E-state index >= 15 is 0 Å². The van der Waals surface area contributed by atoms with Crippen molar-refractivity contribution in [1.82, 2.24) is 30.0 Å². The molecule has 4 N–H and O–H groups in total. The average molecular weight is 288 g/mol. The smallest absolute Gasteiger partial charge is 0.257 e. The summed E-state index contributed by atoms with van der Waals surface area (Å²) in [6.07, 6.45) is 3.86. The minimum Gasteiger partial charge on any atom is -0.368 e. The monoisotopic (exact) mass is 288 g/mol. The van der Waals surface area contributed by atoms with Gasteiger partial charge in [0.2, 0.25) is 23.7 Å². The molecule has 0 bridgehead atoms. The van der Waals surface area contributed by atoms with Crippen LogP contribution < -0.4 is 16.4 Å². The molecule has 0 aliphatic carbocycles. The first-order chi connectivity index (χ1) is 10.1. The molecule has 3 rings (SSSR count). The van der Waals surface area contributed by atoms with Crippen LogP contribution in [0.15, 0.2) is 18.5 Å². The zero-order valence-electron chi connectivity index (χ0n) is 10.9. The molecule has 3 heterocycles. The van der Waals surface area contributed by atoms with Crippen molar-refractivity contribution in [2.75, 3.05) is 11.1 Å². The van der Waals surface area contributed by atoms with Crippen LogP contribution in [0.3, 0.4) is 0 Å². The highest BCUT2D eigenvalue weighted by atomic mass is 16.2. The molecule has 1 unspecified atom stereocenters. The summed E-state index contributed by atoms with van der Waals surface area (Å²) >= 11 is 0. The average Bonchev–Trinajstić information content (AvgIpc) is 2.95. The third-order valence-corrected chi connectivity index (χ3v) is 2.89. The van der Waals surface area contributed by atoms with Gasteiger partial charge in [-0.3, -0.25) is 14.9 Å². The van der Waals surface area contributed by atoms with E-state index < -0.39 is 11.9 Å². The summed E-state index contributed by atoms with van der Waals surface area (Å²) in [6, 6.07) is 1.13. The SMILES string of the molecule is Nc1nc(NC2CCC(=O)NC2=O)nc(-n2cccn2)n1. The highest BCUT2D eigenvalue weighted by Gasteiger charge is 2.27. The van der Waals surface area contributed by atoms with Crippen molar-refractivity contribution in [3.8, 4) is 5.95 Å². The molecule has 108 valence electrons. The van der Waals surface area contributed by atoms with Crippen LogP contribution >= 0.6 is 0 Å². The van der Waals surface area contributed by atoms with Crippen molar-refractivity contribution >= 4 is 23.7 Å². The number of hydrogen-bond donors (Lipinski definition) is 3. The molecular weight excluding hydrogens is 276 g/mol. The van der Waals surface area contributed by atoms with Gasteiger partial charge in [-0.15, -0.1) is 0 Å². The molecule has 2 aromatic heterocycles. The number of carbonyl (C=O) groups excluding carboxylic acids is 2. The van der Waals surface area contributed by atoms with Gasteiger partial charge in [0.15, 0.2) is 0 Å². The van der Waals surface area contributed by atoms with E-state index in [1.54, 1.807) is 18.5 Å². The number of anilines is 2. The van der Waals surface area contributed by atoms with Crippen LogP contribution in [0, 0.1) is 0 Å². The van der Waals surface area contributed by atoms with Crippen LogP contribution in [0.4, 0.5) is 11.9 Å². The van der Waals surface area contributed by atoms with Gasteiger partial charge in [-0.05, 0) is 12.5 Å². The lowest BCUT2D eigenvalue weighted by atomic mass is 10.1. The van der Waals surface area contributed by atoms with E-state index in [2.05, 4.69) is 30.7 Å². The standard InChI is InChI=1S/C11H12N8O2/c12-9-16-10(14-6-2-3-7(20)15-8(6)21)18-11(17-9)19-5-1-4-13-19/h1,4-6H,2-3H2,(H,15,20,21)(H3,12,14,16,17,18). The number of nitrogens with one attached hydrogen (secondary N) is 2. The molecule has 0 saturated carbocycles. The lowest BCUT2D eigenvalue weighted by molar-refractivity contribution is -0.133. The molecule has 10 heteroatoms. The predicted octanol–water partition coefficient (Wildman–Crippen LogP) is -1.14. The molecule has 2 aromatic rings. The normalized spacial score (nSPS) is 18.4. The fraction of sp³-hybridized carbons (Fsp3) is 0.273. The number of nitrogens with two attached hydrogens (primary N) is 1. The molecule has 0 spiro atoms. The molecule has 1 saturated heterocycles. The molecule has 2 amide bonds. The van der Waals surface area contributed by atoms with E-state index in [9.17, 15) is 9.59 Å². The molecule has 1 aliphatic heterocycles. The highest BCUT2D eigenvalue weighted by molar-refractivity contribution is 6.01. The maximum Gasteiger partial charge on any atom is 0.257 e. The first-order valence-corrected chi connectivity index (χ1v) is 6.23. The fourth-order valence-corrected chi connectivity index (χ4v) is 1.92. The van der Waals surface area contributed by atoms with Gasteiger partial charge in [0.25, 0.3) is 5.95 Å². The van der Waals surface area contributed by atoms with Gasteiger partial charge in [-0.2, -0.15) is 20.1 Å². The Balaban J connectivity index is 1.82. The highest BCUT2D eigenvalue weighted by Crippen LogP contribution is 2.12. The Labute approximate surface area is 118 Å². The molecule has 1 atom stereocenters. The van der Waals surface area contributed by atoms with Crippen molar-refractivity contribution in [2.45, 2.75) is 18.9 Å². The number of imide groups is 1. The lowest BCUT2D eigenvalue weighted by Gasteiger charge is -2.21. The van der Waals surface area contributed by atoms with Crippen molar-refractivity contribution in [1.29, 1.82) is 0 Å². The molecule has 1 aliphatic rings. The third kappa shape index (κ3) is 2.78. The van der Waals surface area contributed by atoms with Gasteiger partial charge in [-0.1, -0.05) is 0 Å². The number of nitrogens with zero attached hydrogens (tertiary/aromatic N) is 5. The zero-order chi connectivity index (χ0) is 14.8. The molecule has 1 fully saturated rings. The Morgan fingerprint density at radius 3 is 2.90 bits per heavy atom. The Morgan fingerprint density at radius 1 is 1.33 bits per heavy atom. The number of piperidine rings is 1. The number of hydrogen-bond acceptors (Lipinski definition) is 8. The number of rotatable bonds is 3. The van der Waals surface area contributed by atoms with Crippen LogP contribution in [-0.4, -0.2) is 42.6 Å². The summed E-state index contributed by atoms with van der Waals surface area (Å²) in [4.78, 5) is 34.8. The Hall–Kier alpha value is -3.04. The van der Waals surface area contributed by atoms with E-state index in [0.29, 0.717) is 6.42 Å². The van der Waals surface area contributed by atoms with E-state index in [1.807, 2.05) is 0 Å². The maximum absolute atomic E-state index is 11.7. The summed E-state index contributed by atoms with van der Waals surface area (Å²) in [5.74, 6) is -0.300. The summed E-state index contributed by atoms with van der Waals surface area (Å²) in [7, 11) is 0. The quantitative estimate of drug-likeness (QED) is 0.602. The molecule has 21 heavy (non-hydrogen) atoms. The predicted molar refractivity (Wildman–Crippen MR) is 71.2 cm³/mol. The van der Waals surface area contributed by atoms with Crippen LogP contribution in [0.2, 0.25) is 0 Å². The van der Waals surface area contributed by atoms with Gasteiger partial charge in [-0.25, -0.2) is 4.68 Å². The Morgan fingerprint density at radius 2 is 2.19 bits per heavy atom. The van der Waals surface area contributed by atoms with Gasteiger partial charge < -0.3 is 11.1 Å². The molecule has 0 aromatic carbocycles. The largest absolute Gasteiger partial charge is 0.368 e. The summed E-state index contributed by atoms with van der Waals surface area (Å²) in [5.41, 5.74) is 5.63. The van der Waals surface area contributed by atoms with Gasteiger partial charge in [0, 0.05) is 18.8 Å². The van der Waals surface area contributed by atoms with Crippen LogP contribution in [-0.2, 0) is 9.59 Å². The van der Waals surface area contributed by atoms with E-state index in [0.717, 1.165) is 0 Å². The van der Waals surface area contributed by atoms with E-state index in [4.69, 9.17) is 5.73 Å². The number of carbonyl (C=O) groups is 2. The number of nitrogen functional groups attached to an aromatic ring is 1. The first-order valence-electron chi connectivity index (χ1n) is 6.23. The van der Waals surface area contributed by atoms with Crippen molar-refractivity contribution in [3.63, 3.8) is 0 Å². The maximum atomic E-state index is 11.7. The summed E-state index contributed by atoms with van der Waals surface area (Å²) in [6.45, 7) is 0. The second kappa shape index (κ2) is 5.15. The zero-order valence-corrected chi connectivity index (χ0v) is 10.9.